The quantitative estimate of drug-likeness (QED) is 0.837. The second-order valence-corrected chi connectivity index (χ2v) is 5.78. The Morgan fingerprint density at radius 3 is 2.40 bits per heavy atom. The monoisotopic (exact) mass is 277 g/mol. The molecule has 0 atom stereocenters. The second kappa shape index (κ2) is 7.04. The molecule has 20 heavy (non-hydrogen) atoms. The molecule has 0 saturated carbocycles. The number of aliphatic hydroxyl groups is 1. The molecule has 0 bridgehead atoms. The molecule has 1 fully saturated rings. The fraction of sp³-hybridized carbons (Fsp3) is 0.688. The molecule has 2 rings (SSSR count). The normalized spacial score (nSPS) is 17.4. The molecule has 0 spiro atoms. The summed E-state index contributed by atoms with van der Waals surface area (Å²) in [6.07, 6.45) is 7.58. The number of pyridine rings is 1. The summed E-state index contributed by atoms with van der Waals surface area (Å²) in [5, 5.41) is 13.9. The number of piperidine rings is 1. The van der Waals surface area contributed by atoms with Crippen molar-refractivity contribution in [2.75, 3.05) is 24.5 Å². The fourth-order valence-corrected chi connectivity index (χ4v) is 2.73. The van der Waals surface area contributed by atoms with Crippen molar-refractivity contribution in [3.05, 3.63) is 24.5 Å². The van der Waals surface area contributed by atoms with E-state index in [1.807, 2.05) is 12.4 Å². The van der Waals surface area contributed by atoms with E-state index < -0.39 is 5.60 Å². The van der Waals surface area contributed by atoms with Crippen molar-refractivity contribution in [1.82, 2.24) is 10.3 Å². The Morgan fingerprint density at radius 1 is 1.25 bits per heavy atom. The lowest BCUT2D eigenvalue weighted by atomic mass is 9.96. The van der Waals surface area contributed by atoms with Crippen molar-refractivity contribution >= 4 is 5.69 Å². The molecule has 0 radical (unpaired) electrons. The molecule has 1 aromatic heterocycles. The van der Waals surface area contributed by atoms with Gasteiger partial charge in [0.15, 0.2) is 0 Å². The predicted octanol–water partition coefficient (Wildman–Crippen LogP) is 2.19. The molecule has 112 valence electrons. The Labute approximate surface area is 122 Å². The van der Waals surface area contributed by atoms with Crippen LogP contribution in [0.5, 0.6) is 0 Å². The lowest BCUT2D eigenvalue weighted by Gasteiger charge is -2.36. The number of nitrogens with one attached hydrogen (secondary N) is 1. The highest BCUT2D eigenvalue weighted by atomic mass is 16.3. The van der Waals surface area contributed by atoms with Gasteiger partial charge in [0, 0.05) is 43.8 Å². The van der Waals surface area contributed by atoms with E-state index in [0.29, 0.717) is 12.6 Å². The first-order valence-electron chi connectivity index (χ1n) is 7.77. The van der Waals surface area contributed by atoms with E-state index in [2.05, 4.69) is 41.2 Å². The topological polar surface area (TPSA) is 48.4 Å². The van der Waals surface area contributed by atoms with Gasteiger partial charge in [0.25, 0.3) is 0 Å². The first-order valence-corrected chi connectivity index (χ1v) is 7.77. The van der Waals surface area contributed by atoms with Crippen LogP contribution in [0.1, 0.15) is 39.5 Å². The van der Waals surface area contributed by atoms with E-state index in [0.717, 1.165) is 38.8 Å². The van der Waals surface area contributed by atoms with Crippen molar-refractivity contribution < 1.29 is 5.11 Å². The molecule has 2 heterocycles. The average Bonchev–Trinajstić information content (AvgIpc) is 2.54. The largest absolute Gasteiger partial charge is 0.389 e. The minimum absolute atomic E-state index is 0.526. The van der Waals surface area contributed by atoms with Crippen molar-refractivity contribution in [2.45, 2.75) is 51.2 Å². The second-order valence-electron chi connectivity index (χ2n) is 5.78. The van der Waals surface area contributed by atoms with Crippen LogP contribution in [0, 0.1) is 0 Å². The van der Waals surface area contributed by atoms with Crippen LogP contribution in [0.25, 0.3) is 0 Å². The number of nitrogens with zero attached hydrogens (tertiary/aromatic N) is 2. The van der Waals surface area contributed by atoms with Gasteiger partial charge in [0.1, 0.15) is 0 Å². The van der Waals surface area contributed by atoms with Gasteiger partial charge in [-0.3, -0.25) is 4.98 Å². The summed E-state index contributed by atoms with van der Waals surface area (Å²) in [5.41, 5.74) is 0.722. The van der Waals surface area contributed by atoms with Crippen LogP contribution in [-0.4, -0.2) is 41.4 Å². The molecular weight excluding hydrogens is 250 g/mol. The Hall–Kier alpha value is -1.13. The van der Waals surface area contributed by atoms with Gasteiger partial charge in [0.2, 0.25) is 0 Å². The zero-order valence-electron chi connectivity index (χ0n) is 12.7. The number of hydrogen-bond acceptors (Lipinski definition) is 4. The summed E-state index contributed by atoms with van der Waals surface area (Å²) in [4.78, 5) is 6.47. The van der Waals surface area contributed by atoms with E-state index >= 15 is 0 Å². The Balaban J connectivity index is 1.77. The molecule has 4 nitrogen and oxygen atoms in total. The van der Waals surface area contributed by atoms with Crippen LogP contribution in [0.4, 0.5) is 5.69 Å². The molecule has 1 aliphatic heterocycles. The first-order chi connectivity index (χ1) is 9.67. The number of aromatic nitrogens is 1. The maximum atomic E-state index is 10.3. The molecular formula is C16H27N3O. The van der Waals surface area contributed by atoms with E-state index in [1.54, 1.807) is 0 Å². The van der Waals surface area contributed by atoms with E-state index in [1.165, 1.54) is 5.69 Å². The van der Waals surface area contributed by atoms with Gasteiger partial charge >= 0.3 is 0 Å². The SMILES string of the molecule is CCC(O)(CC)CNC1CCN(c2ccncc2)CC1. The highest BCUT2D eigenvalue weighted by Crippen LogP contribution is 2.20. The van der Waals surface area contributed by atoms with Crippen LogP contribution in [-0.2, 0) is 0 Å². The summed E-state index contributed by atoms with van der Waals surface area (Å²) in [5.74, 6) is 0. The summed E-state index contributed by atoms with van der Waals surface area (Å²) in [6, 6.07) is 4.67. The third-order valence-corrected chi connectivity index (χ3v) is 4.56. The predicted molar refractivity (Wildman–Crippen MR) is 83.0 cm³/mol. The number of anilines is 1. The summed E-state index contributed by atoms with van der Waals surface area (Å²) in [6.45, 7) is 6.95. The molecule has 4 heteroatoms. The summed E-state index contributed by atoms with van der Waals surface area (Å²) >= 11 is 0. The molecule has 0 aliphatic carbocycles. The van der Waals surface area contributed by atoms with E-state index in [-0.39, 0.29) is 0 Å². The molecule has 2 N–H and O–H groups in total. The van der Waals surface area contributed by atoms with Gasteiger partial charge in [-0.15, -0.1) is 0 Å². The van der Waals surface area contributed by atoms with E-state index in [4.69, 9.17) is 0 Å². The molecule has 1 saturated heterocycles. The maximum absolute atomic E-state index is 10.3. The van der Waals surface area contributed by atoms with Crippen LogP contribution >= 0.6 is 0 Å². The zero-order chi connectivity index (χ0) is 14.4. The average molecular weight is 277 g/mol. The van der Waals surface area contributed by atoms with E-state index in [9.17, 15) is 5.11 Å². The zero-order valence-corrected chi connectivity index (χ0v) is 12.7. The standard InChI is InChI=1S/C16H27N3O/c1-3-16(20,4-2)13-18-14-7-11-19(12-8-14)15-5-9-17-10-6-15/h5-6,9-10,14,18,20H,3-4,7-8,11-13H2,1-2H3. The lowest BCUT2D eigenvalue weighted by Crippen LogP contribution is -2.48. The van der Waals surface area contributed by atoms with Gasteiger partial charge in [-0.2, -0.15) is 0 Å². The minimum Gasteiger partial charge on any atom is -0.389 e. The molecule has 0 aromatic carbocycles. The van der Waals surface area contributed by atoms with Gasteiger partial charge in [-0.05, 0) is 37.8 Å². The van der Waals surface area contributed by atoms with Gasteiger partial charge in [0.05, 0.1) is 5.60 Å². The lowest BCUT2D eigenvalue weighted by molar-refractivity contribution is 0.0291. The third kappa shape index (κ3) is 3.93. The highest BCUT2D eigenvalue weighted by molar-refractivity contribution is 5.44. The van der Waals surface area contributed by atoms with Gasteiger partial charge < -0.3 is 15.3 Å². The summed E-state index contributed by atoms with van der Waals surface area (Å²) in [7, 11) is 0. The van der Waals surface area contributed by atoms with Crippen molar-refractivity contribution in [3.8, 4) is 0 Å². The van der Waals surface area contributed by atoms with Crippen LogP contribution in [0.15, 0.2) is 24.5 Å². The number of rotatable bonds is 6. The van der Waals surface area contributed by atoms with Crippen molar-refractivity contribution in [3.63, 3.8) is 0 Å². The van der Waals surface area contributed by atoms with Crippen LogP contribution in [0.2, 0.25) is 0 Å². The molecule has 1 aromatic rings. The highest BCUT2D eigenvalue weighted by Gasteiger charge is 2.25. The van der Waals surface area contributed by atoms with Gasteiger partial charge in [-0.1, -0.05) is 13.8 Å². The number of hydrogen-bond donors (Lipinski definition) is 2. The molecule has 0 unspecified atom stereocenters. The van der Waals surface area contributed by atoms with Crippen molar-refractivity contribution in [1.29, 1.82) is 0 Å². The van der Waals surface area contributed by atoms with Crippen LogP contribution < -0.4 is 10.2 Å². The smallest absolute Gasteiger partial charge is 0.0766 e. The Morgan fingerprint density at radius 2 is 1.85 bits per heavy atom. The van der Waals surface area contributed by atoms with Crippen LogP contribution in [0.3, 0.4) is 0 Å². The maximum Gasteiger partial charge on any atom is 0.0766 e. The molecule has 0 amide bonds. The van der Waals surface area contributed by atoms with Gasteiger partial charge in [-0.25, -0.2) is 0 Å². The molecule has 1 aliphatic rings. The van der Waals surface area contributed by atoms with Crippen molar-refractivity contribution in [2.24, 2.45) is 0 Å². The first kappa shape index (κ1) is 15.3. The summed E-state index contributed by atoms with van der Waals surface area (Å²) < 4.78 is 0. The fourth-order valence-electron chi connectivity index (χ4n) is 2.73. The Bertz CT molecular complexity index is 384. The third-order valence-electron chi connectivity index (χ3n) is 4.56. The Kier molecular flexibility index (Phi) is 5.38. The minimum atomic E-state index is -0.539.